The van der Waals surface area contributed by atoms with E-state index in [1.165, 1.54) is 0 Å². The van der Waals surface area contributed by atoms with Crippen LogP contribution >= 0.6 is 0 Å². The molecule has 2 aliphatic rings. The van der Waals surface area contributed by atoms with E-state index in [4.69, 9.17) is 0 Å². The lowest BCUT2D eigenvalue weighted by atomic mass is 9.98. The number of carbonyl (C=O) groups is 2. The molecule has 0 aliphatic carbocycles. The molecule has 5 nitrogen and oxygen atoms in total. The summed E-state index contributed by atoms with van der Waals surface area (Å²) in [6, 6.07) is 8.00. The first-order valence-electron chi connectivity index (χ1n) is 7.40. The lowest BCUT2D eigenvalue weighted by molar-refractivity contribution is -0.123. The van der Waals surface area contributed by atoms with Crippen LogP contribution in [0.3, 0.4) is 0 Å². The van der Waals surface area contributed by atoms with Crippen molar-refractivity contribution in [3.05, 3.63) is 36.0 Å². The third-order valence-electron chi connectivity index (χ3n) is 4.62. The Balaban J connectivity index is 1.61. The van der Waals surface area contributed by atoms with E-state index in [0.717, 1.165) is 35.9 Å². The quantitative estimate of drug-likeness (QED) is 0.836. The van der Waals surface area contributed by atoms with Crippen molar-refractivity contribution in [3.8, 4) is 0 Å². The van der Waals surface area contributed by atoms with Crippen molar-refractivity contribution >= 4 is 22.7 Å². The molecule has 2 aliphatic heterocycles. The number of benzene rings is 1. The maximum absolute atomic E-state index is 12.8. The number of amides is 2. The molecule has 0 spiro atoms. The summed E-state index contributed by atoms with van der Waals surface area (Å²) >= 11 is 0. The number of hydrogen-bond acceptors (Lipinski definition) is 2. The van der Waals surface area contributed by atoms with Gasteiger partial charge in [0, 0.05) is 35.6 Å². The topological polar surface area (TPSA) is 65.2 Å². The Bertz CT molecular complexity index is 721. The van der Waals surface area contributed by atoms with Crippen LogP contribution in [-0.2, 0) is 4.79 Å². The molecule has 2 amide bonds. The average Bonchev–Trinajstić information content (AvgIpc) is 3.11. The fourth-order valence-electron chi connectivity index (χ4n) is 3.54. The van der Waals surface area contributed by atoms with Crippen molar-refractivity contribution in [2.75, 3.05) is 6.54 Å². The van der Waals surface area contributed by atoms with Gasteiger partial charge in [0.05, 0.1) is 12.1 Å². The van der Waals surface area contributed by atoms with Crippen molar-refractivity contribution < 1.29 is 9.59 Å². The molecule has 2 atom stereocenters. The standard InChI is InChI=1S/C16H17N3O2/c20-15-4-3-14-13(18-15)6-8-19(14)16(21)11-1-2-12-10(9-11)5-7-17-12/h1-2,5,7,9,13-14,17H,3-4,6,8H2,(H,18,20)/t13-,14-/m1/s1. The number of aromatic amines is 1. The Morgan fingerprint density at radius 1 is 1.24 bits per heavy atom. The second kappa shape index (κ2) is 4.62. The zero-order chi connectivity index (χ0) is 14.4. The minimum atomic E-state index is 0.0711. The monoisotopic (exact) mass is 283 g/mol. The van der Waals surface area contributed by atoms with Crippen LogP contribution in [0.2, 0.25) is 0 Å². The number of rotatable bonds is 1. The van der Waals surface area contributed by atoms with Crippen molar-refractivity contribution in [2.24, 2.45) is 0 Å². The Kier molecular flexibility index (Phi) is 2.74. The first kappa shape index (κ1) is 12.4. The fourth-order valence-corrected chi connectivity index (χ4v) is 3.54. The maximum atomic E-state index is 12.8. The van der Waals surface area contributed by atoms with Gasteiger partial charge in [0.1, 0.15) is 0 Å². The number of carbonyl (C=O) groups excluding carboxylic acids is 2. The zero-order valence-electron chi connectivity index (χ0n) is 11.6. The molecule has 5 heteroatoms. The summed E-state index contributed by atoms with van der Waals surface area (Å²) in [6.07, 6.45) is 4.02. The van der Waals surface area contributed by atoms with E-state index in [1.807, 2.05) is 35.4 Å². The summed E-state index contributed by atoms with van der Waals surface area (Å²) in [5.41, 5.74) is 1.76. The summed E-state index contributed by atoms with van der Waals surface area (Å²) in [4.78, 5) is 29.3. The zero-order valence-corrected chi connectivity index (χ0v) is 11.6. The predicted molar refractivity (Wildman–Crippen MR) is 78.9 cm³/mol. The average molecular weight is 283 g/mol. The number of aromatic nitrogens is 1. The van der Waals surface area contributed by atoms with E-state index >= 15 is 0 Å². The van der Waals surface area contributed by atoms with E-state index < -0.39 is 0 Å². The van der Waals surface area contributed by atoms with E-state index in [-0.39, 0.29) is 23.9 Å². The second-order valence-corrected chi connectivity index (χ2v) is 5.85. The van der Waals surface area contributed by atoms with Crippen LogP contribution in [0.15, 0.2) is 30.5 Å². The third kappa shape index (κ3) is 2.00. The summed E-state index contributed by atoms with van der Waals surface area (Å²) in [5.74, 6) is 0.182. The molecule has 1 aromatic carbocycles. The van der Waals surface area contributed by atoms with Crippen molar-refractivity contribution in [1.82, 2.24) is 15.2 Å². The molecular weight excluding hydrogens is 266 g/mol. The molecule has 0 saturated carbocycles. The summed E-state index contributed by atoms with van der Waals surface area (Å²) in [5, 5.41) is 4.05. The Hall–Kier alpha value is -2.30. The number of nitrogens with one attached hydrogen (secondary N) is 2. The van der Waals surface area contributed by atoms with Gasteiger partial charge in [-0.15, -0.1) is 0 Å². The minimum absolute atomic E-state index is 0.0711. The Morgan fingerprint density at radius 3 is 3.05 bits per heavy atom. The van der Waals surface area contributed by atoms with Gasteiger partial charge in [-0.3, -0.25) is 9.59 Å². The highest BCUT2D eigenvalue weighted by Gasteiger charge is 2.40. The second-order valence-electron chi connectivity index (χ2n) is 5.85. The first-order chi connectivity index (χ1) is 10.2. The van der Waals surface area contributed by atoms with Crippen LogP contribution in [0.25, 0.3) is 10.9 Å². The van der Waals surface area contributed by atoms with Gasteiger partial charge in [0.2, 0.25) is 5.91 Å². The van der Waals surface area contributed by atoms with Gasteiger partial charge < -0.3 is 15.2 Å². The smallest absolute Gasteiger partial charge is 0.254 e. The molecule has 2 aromatic rings. The Morgan fingerprint density at radius 2 is 2.14 bits per heavy atom. The largest absolute Gasteiger partial charge is 0.361 e. The van der Waals surface area contributed by atoms with Gasteiger partial charge in [-0.2, -0.15) is 0 Å². The van der Waals surface area contributed by atoms with Crippen molar-refractivity contribution in [3.63, 3.8) is 0 Å². The van der Waals surface area contributed by atoms with Crippen LogP contribution in [-0.4, -0.2) is 40.3 Å². The molecule has 4 rings (SSSR count). The minimum Gasteiger partial charge on any atom is -0.361 e. The molecule has 3 heterocycles. The number of likely N-dealkylation sites (tertiary alicyclic amines) is 1. The fraction of sp³-hybridized carbons (Fsp3) is 0.375. The van der Waals surface area contributed by atoms with E-state index in [1.54, 1.807) is 0 Å². The summed E-state index contributed by atoms with van der Waals surface area (Å²) in [7, 11) is 0. The van der Waals surface area contributed by atoms with Crippen LogP contribution < -0.4 is 5.32 Å². The molecule has 2 saturated heterocycles. The summed E-state index contributed by atoms with van der Waals surface area (Å²) < 4.78 is 0. The molecule has 2 N–H and O–H groups in total. The van der Waals surface area contributed by atoms with Gasteiger partial charge in [0.25, 0.3) is 5.91 Å². The lowest BCUT2D eigenvalue weighted by Gasteiger charge is -2.32. The molecule has 21 heavy (non-hydrogen) atoms. The molecule has 108 valence electrons. The van der Waals surface area contributed by atoms with Crippen molar-refractivity contribution in [1.29, 1.82) is 0 Å². The van der Waals surface area contributed by atoms with Crippen LogP contribution in [0.5, 0.6) is 0 Å². The van der Waals surface area contributed by atoms with Crippen LogP contribution in [0, 0.1) is 0 Å². The maximum Gasteiger partial charge on any atom is 0.254 e. The van der Waals surface area contributed by atoms with Crippen molar-refractivity contribution in [2.45, 2.75) is 31.3 Å². The molecule has 0 unspecified atom stereocenters. The number of H-pyrrole nitrogens is 1. The highest BCUT2D eigenvalue weighted by Crippen LogP contribution is 2.27. The van der Waals surface area contributed by atoms with E-state index in [0.29, 0.717) is 6.42 Å². The van der Waals surface area contributed by atoms with Gasteiger partial charge >= 0.3 is 0 Å². The SMILES string of the molecule is O=C1CC[C@@H]2[C@@H](CCN2C(=O)c2ccc3[nH]ccc3c2)N1. The highest BCUT2D eigenvalue weighted by atomic mass is 16.2. The Labute approximate surface area is 122 Å². The van der Waals surface area contributed by atoms with E-state index in [9.17, 15) is 9.59 Å². The lowest BCUT2D eigenvalue weighted by Crippen LogP contribution is -2.50. The normalized spacial score (nSPS) is 25.0. The van der Waals surface area contributed by atoms with Gasteiger partial charge in [-0.25, -0.2) is 0 Å². The molecular formula is C16H17N3O2. The van der Waals surface area contributed by atoms with Crippen LogP contribution in [0.4, 0.5) is 0 Å². The predicted octanol–water partition coefficient (Wildman–Crippen LogP) is 1.66. The number of hydrogen-bond donors (Lipinski definition) is 2. The molecule has 1 aromatic heterocycles. The molecule has 0 radical (unpaired) electrons. The van der Waals surface area contributed by atoms with E-state index in [2.05, 4.69) is 10.3 Å². The van der Waals surface area contributed by atoms with Gasteiger partial charge in [-0.05, 0) is 37.1 Å². The molecule has 2 fully saturated rings. The first-order valence-corrected chi connectivity index (χ1v) is 7.40. The van der Waals surface area contributed by atoms with Gasteiger partial charge in [-0.1, -0.05) is 0 Å². The third-order valence-corrected chi connectivity index (χ3v) is 4.62. The van der Waals surface area contributed by atoms with Crippen LogP contribution in [0.1, 0.15) is 29.6 Å². The molecule has 0 bridgehead atoms. The number of fused-ring (bicyclic) bond motifs is 2. The number of piperidine rings is 1. The van der Waals surface area contributed by atoms with Gasteiger partial charge in [0.15, 0.2) is 0 Å². The highest BCUT2D eigenvalue weighted by molar-refractivity contribution is 5.98. The number of nitrogens with zero attached hydrogens (tertiary/aromatic N) is 1. The summed E-state index contributed by atoms with van der Waals surface area (Å²) in [6.45, 7) is 0.722.